The average Bonchev–Trinajstić information content (AvgIpc) is 3.11. The first kappa shape index (κ1) is 23.7. The number of hydrogen-bond donors (Lipinski definition) is 1. The van der Waals surface area contributed by atoms with Crippen molar-refractivity contribution in [3.8, 4) is 22.7 Å². The fraction of sp³-hybridized carbons (Fsp3) is 0.192. The van der Waals surface area contributed by atoms with Gasteiger partial charge in [0.1, 0.15) is 30.2 Å². The minimum atomic E-state index is -1.34. The first-order valence-corrected chi connectivity index (χ1v) is 11.0. The number of aromatic carboxylic acids is 1. The summed E-state index contributed by atoms with van der Waals surface area (Å²) in [5, 5.41) is 9.55. The molecule has 4 nitrogen and oxygen atoms in total. The Morgan fingerprint density at radius 1 is 1.15 bits per heavy atom. The summed E-state index contributed by atoms with van der Waals surface area (Å²) in [7, 11) is 0. The van der Waals surface area contributed by atoms with Crippen LogP contribution in [-0.2, 0) is 0 Å². The van der Waals surface area contributed by atoms with Gasteiger partial charge in [0.15, 0.2) is 0 Å². The highest BCUT2D eigenvalue weighted by Crippen LogP contribution is 2.35. The molecule has 2 aromatic carbocycles. The van der Waals surface area contributed by atoms with Gasteiger partial charge < -0.3 is 14.4 Å². The number of aromatic nitrogens is 1. The molecule has 8 heteroatoms. The van der Waals surface area contributed by atoms with Crippen LogP contribution in [0.25, 0.3) is 16.9 Å². The van der Waals surface area contributed by atoms with Gasteiger partial charge in [0, 0.05) is 28.9 Å². The third kappa shape index (κ3) is 4.89. The van der Waals surface area contributed by atoms with Crippen LogP contribution in [0, 0.1) is 12.7 Å². The Bertz CT molecular complexity index is 1310. The molecule has 0 saturated heterocycles. The zero-order chi connectivity index (χ0) is 24.4. The molecule has 3 aromatic rings. The standard InChI is InChI=1S/C26H21ClF3NO3/c1-15-2-10-24(31(15)19-7-8-22(27)20(13-19)26(32)33)21-12-18(29)6-11-25(21)34-14-16-3-4-17(28)5-9-23(16)30/h2-4,6-8,10-13,23H,5,9,14H2,1H3,(H,32,33). The van der Waals surface area contributed by atoms with Gasteiger partial charge in [0.25, 0.3) is 0 Å². The van der Waals surface area contributed by atoms with E-state index in [1.807, 2.05) is 6.92 Å². The summed E-state index contributed by atoms with van der Waals surface area (Å²) in [5.74, 6) is -1.76. The van der Waals surface area contributed by atoms with Crippen molar-refractivity contribution in [1.29, 1.82) is 0 Å². The minimum Gasteiger partial charge on any atom is -0.488 e. The lowest BCUT2D eigenvalue weighted by atomic mass is 10.1. The van der Waals surface area contributed by atoms with Crippen molar-refractivity contribution in [3.05, 3.63) is 94.2 Å². The van der Waals surface area contributed by atoms with E-state index in [-0.39, 0.29) is 30.0 Å². The molecule has 0 saturated carbocycles. The first-order valence-electron chi connectivity index (χ1n) is 10.6. The predicted octanol–water partition coefficient (Wildman–Crippen LogP) is 7.23. The van der Waals surface area contributed by atoms with Gasteiger partial charge in [0.05, 0.1) is 16.3 Å². The fourth-order valence-electron chi connectivity index (χ4n) is 3.87. The second-order valence-electron chi connectivity index (χ2n) is 7.96. The van der Waals surface area contributed by atoms with Crippen LogP contribution in [0.3, 0.4) is 0 Å². The Kier molecular flexibility index (Phi) is 6.84. The van der Waals surface area contributed by atoms with Gasteiger partial charge >= 0.3 is 5.97 Å². The van der Waals surface area contributed by atoms with Crippen LogP contribution < -0.4 is 4.74 Å². The maximum atomic E-state index is 14.4. The zero-order valence-corrected chi connectivity index (χ0v) is 19.0. The Hall–Kier alpha value is -3.45. The van der Waals surface area contributed by atoms with E-state index in [1.165, 1.54) is 42.5 Å². The molecule has 1 atom stereocenters. The number of alkyl halides is 1. The van der Waals surface area contributed by atoms with Gasteiger partial charge in [0.2, 0.25) is 0 Å². The number of ether oxygens (including phenoxy) is 1. The SMILES string of the molecule is Cc1ccc(-c2cc(F)ccc2OCC2=CC=C(F)CCC2F)n1-c1ccc(Cl)c(C(=O)O)c1. The summed E-state index contributed by atoms with van der Waals surface area (Å²) < 4.78 is 49.8. The number of rotatable bonds is 6. The van der Waals surface area contributed by atoms with Gasteiger partial charge in [-0.15, -0.1) is 0 Å². The Labute approximate surface area is 199 Å². The highest BCUT2D eigenvalue weighted by Gasteiger charge is 2.20. The molecule has 1 aliphatic rings. The second-order valence-corrected chi connectivity index (χ2v) is 8.36. The number of nitrogens with zero attached hydrogens (tertiary/aromatic N) is 1. The van der Waals surface area contributed by atoms with Crippen LogP contribution >= 0.6 is 11.6 Å². The summed E-state index contributed by atoms with van der Waals surface area (Å²) in [6, 6.07) is 12.1. The van der Waals surface area contributed by atoms with Crippen molar-refractivity contribution >= 4 is 17.6 Å². The van der Waals surface area contributed by atoms with Gasteiger partial charge in [-0.25, -0.2) is 18.0 Å². The molecular formula is C26H21ClF3NO3. The lowest BCUT2D eigenvalue weighted by molar-refractivity contribution is 0.0697. The Balaban J connectivity index is 1.74. The minimum absolute atomic E-state index is 0.0230. The smallest absolute Gasteiger partial charge is 0.337 e. The molecule has 1 aromatic heterocycles. The van der Waals surface area contributed by atoms with Gasteiger partial charge in [-0.3, -0.25) is 0 Å². The number of aryl methyl sites for hydroxylation is 1. The van der Waals surface area contributed by atoms with Crippen molar-refractivity contribution in [3.63, 3.8) is 0 Å². The fourth-order valence-corrected chi connectivity index (χ4v) is 4.07. The maximum absolute atomic E-state index is 14.4. The number of carboxylic acid groups (broad SMARTS) is 1. The van der Waals surface area contributed by atoms with Crippen LogP contribution in [-0.4, -0.2) is 28.4 Å². The highest BCUT2D eigenvalue weighted by atomic mass is 35.5. The quantitative estimate of drug-likeness (QED) is 0.399. The Morgan fingerprint density at radius 3 is 2.71 bits per heavy atom. The molecule has 0 aliphatic heterocycles. The molecule has 1 heterocycles. The van der Waals surface area contributed by atoms with E-state index in [9.17, 15) is 23.1 Å². The van der Waals surface area contributed by atoms with Crippen LogP contribution in [0.5, 0.6) is 5.75 Å². The van der Waals surface area contributed by atoms with Gasteiger partial charge in [-0.1, -0.05) is 17.7 Å². The zero-order valence-electron chi connectivity index (χ0n) is 18.2. The van der Waals surface area contributed by atoms with E-state index in [2.05, 4.69) is 0 Å². The van der Waals surface area contributed by atoms with E-state index in [0.717, 1.165) is 5.69 Å². The van der Waals surface area contributed by atoms with E-state index in [0.29, 0.717) is 28.3 Å². The first-order chi connectivity index (χ1) is 16.2. The molecule has 0 radical (unpaired) electrons. The number of carboxylic acids is 1. The normalized spacial score (nSPS) is 16.0. The van der Waals surface area contributed by atoms with Crippen LogP contribution in [0.15, 0.2) is 72.1 Å². The summed E-state index contributed by atoms with van der Waals surface area (Å²) in [6.45, 7) is 1.69. The van der Waals surface area contributed by atoms with E-state index < -0.39 is 23.8 Å². The molecule has 0 fully saturated rings. The lowest BCUT2D eigenvalue weighted by Gasteiger charge is -2.18. The molecule has 1 N–H and O–H groups in total. The van der Waals surface area contributed by atoms with Crippen LogP contribution in [0.2, 0.25) is 5.02 Å². The number of halogens is 4. The van der Waals surface area contributed by atoms with E-state index in [4.69, 9.17) is 16.3 Å². The molecule has 0 spiro atoms. The molecular weight excluding hydrogens is 467 g/mol. The molecule has 1 unspecified atom stereocenters. The van der Waals surface area contributed by atoms with Crippen molar-refractivity contribution in [2.24, 2.45) is 0 Å². The second kappa shape index (κ2) is 9.81. The predicted molar refractivity (Wildman–Crippen MR) is 125 cm³/mol. The third-order valence-electron chi connectivity index (χ3n) is 5.64. The molecule has 176 valence electrons. The monoisotopic (exact) mass is 487 g/mol. The molecule has 0 bridgehead atoms. The number of carbonyl (C=O) groups is 1. The van der Waals surface area contributed by atoms with E-state index >= 15 is 0 Å². The summed E-state index contributed by atoms with van der Waals surface area (Å²) in [4.78, 5) is 11.6. The number of allylic oxidation sites excluding steroid dienone is 3. The largest absolute Gasteiger partial charge is 0.488 e. The van der Waals surface area contributed by atoms with Gasteiger partial charge in [-0.05, 0) is 68.0 Å². The lowest BCUT2D eigenvalue weighted by Crippen LogP contribution is -2.12. The summed E-state index contributed by atoms with van der Waals surface area (Å²) in [5.41, 5.74) is 2.45. The molecule has 4 rings (SSSR count). The number of hydrogen-bond acceptors (Lipinski definition) is 2. The van der Waals surface area contributed by atoms with Crippen molar-refractivity contribution in [2.45, 2.75) is 25.9 Å². The summed E-state index contributed by atoms with van der Waals surface area (Å²) in [6.07, 6.45) is 1.32. The van der Waals surface area contributed by atoms with Crippen molar-refractivity contribution in [1.82, 2.24) is 4.57 Å². The van der Waals surface area contributed by atoms with Crippen molar-refractivity contribution < 1.29 is 27.8 Å². The number of benzene rings is 2. The molecule has 1 aliphatic carbocycles. The topological polar surface area (TPSA) is 51.5 Å². The van der Waals surface area contributed by atoms with E-state index in [1.54, 1.807) is 22.8 Å². The Morgan fingerprint density at radius 2 is 1.94 bits per heavy atom. The molecule has 34 heavy (non-hydrogen) atoms. The van der Waals surface area contributed by atoms with Crippen molar-refractivity contribution in [2.75, 3.05) is 6.61 Å². The highest BCUT2D eigenvalue weighted by molar-refractivity contribution is 6.33. The maximum Gasteiger partial charge on any atom is 0.337 e. The molecule has 0 amide bonds. The third-order valence-corrected chi connectivity index (χ3v) is 5.97. The van der Waals surface area contributed by atoms with Crippen LogP contribution in [0.4, 0.5) is 13.2 Å². The van der Waals surface area contributed by atoms with Gasteiger partial charge in [-0.2, -0.15) is 0 Å². The van der Waals surface area contributed by atoms with Crippen LogP contribution in [0.1, 0.15) is 28.9 Å². The average molecular weight is 488 g/mol. The summed E-state index contributed by atoms with van der Waals surface area (Å²) >= 11 is 6.02.